The summed E-state index contributed by atoms with van der Waals surface area (Å²) in [6.07, 6.45) is 0.656. The SMILES string of the molecule is COc1ccc([C@H]2SCC(=O)N2[C@H](CC(C)C)C(=O)NCC(C)C)cc1. The predicted molar refractivity (Wildman–Crippen MR) is 106 cm³/mol. The maximum absolute atomic E-state index is 12.9. The van der Waals surface area contributed by atoms with Crippen molar-refractivity contribution in [3.63, 3.8) is 0 Å². The monoisotopic (exact) mass is 378 g/mol. The van der Waals surface area contributed by atoms with E-state index in [9.17, 15) is 9.59 Å². The zero-order valence-corrected chi connectivity index (χ0v) is 17.1. The molecule has 0 unspecified atom stereocenters. The molecule has 1 aliphatic heterocycles. The second-order valence-corrected chi connectivity index (χ2v) is 8.59. The highest BCUT2D eigenvalue weighted by molar-refractivity contribution is 8.00. The molecule has 1 fully saturated rings. The number of nitrogens with zero attached hydrogens (tertiary/aromatic N) is 1. The minimum absolute atomic E-state index is 0.0289. The summed E-state index contributed by atoms with van der Waals surface area (Å²) in [5.74, 6) is 1.85. The van der Waals surface area contributed by atoms with Crippen LogP contribution >= 0.6 is 11.8 Å². The lowest BCUT2D eigenvalue weighted by Gasteiger charge is -2.33. The minimum atomic E-state index is -0.441. The van der Waals surface area contributed by atoms with Crippen LogP contribution in [0.15, 0.2) is 24.3 Å². The van der Waals surface area contributed by atoms with E-state index >= 15 is 0 Å². The quantitative estimate of drug-likeness (QED) is 0.753. The van der Waals surface area contributed by atoms with Crippen LogP contribution in [-0.2, 0) is 9.59 Å². The van der Waals surface area contributed by atoms with Crippen molar-refractivity contribution in [2.75, 3.05) is 19.4 Å². The second-order valence-electron chi connectivity index (χ2n) is 7.52. The van der Waals surface area contributed by atoms with Crippen molar-refractivity contribution in [3.8, 4) is 5.75 Å². The number of carbonyl (C=O) groups excluding carboxylic acids is 2. The summed E-state index contributed by atoms with van der Waals surface area (Å²) >= 11 is 1.58. The maximum Gasteiger partial charge on any atom is 0.242 e. The number of carbonyl (C=O) groups is 2. The summed E-state index contributed by atoms with van der Waals surface area (Å²) in [5.41, 5.74) is 1.02. The van der Waals surface area contributed by atoms with Gasteiger partial charge in [-0.15, -0.1) is 11.8 Å². The van der Waals surface area contributed by atoms with Crippen LogP contribution in [0.3, 0.4) is 0 Å². The minimum Gasteiger partial charge on any atom is -0.497 e. The molecule has 0 spiro atoms. The van der Waals surface area contributed by atoms with Crippen molar-refractivity contribution in [2.45, 2.75) is 45.5 Å². The lowest BCUT2D eigenvalue weighted by atomic mass is 10.00. The fraction of sp³-hybridized carbons (Fsp3) is 0.600. The topological polar surface area (TPSA) is 58.6 Å². The molecule has 0 aliphatic carbocycles. The Morgan fingerprint density at radius 1 is 1.23 bits per heavy atom. The Morgan fingerprint density at radius 3 is 2.42 bits per heavy atom. The van der Waals surface area contributed by atoms with Gasteiger partial charge in [0.05, 0.1) is 12.9 Å². The van der Waals surface area contributed by atoms with Crippen LogP contribution in [0.5, 0.6) is 5.75 Å². The lowest BCUT2D eigenvalue weighted by molar-refractivity contribution is -0.139. The Labute approximate surface area is 160 Å². The molecule has 1 N–H and O–H groups in total. The summed E-state index contributed by atoms with van der Waals surface area (Å²) < 4.78 is 5.22. The van der Waals surface area contributed by atoms with E-state index in [4.69, 9.17) is 4.74 Å². The molecule has 144 valence electrons. The van der Waals surface area contributed by atoms with Crippen molar-refractivity contribution in [1.29, 1.82) is 0 Å². The number of nitrogens with one attached hydrogen (secondary N) is 1. The molecular weight excluding hydrogens is 348 g/mol. The van der Waals surface area contributed by atoms with Gasteiger partial charge in [0.15, 0.2) is 0 Å². The van der Waals surface area contributed by atoms with Gasteiger partial charge in [-0.1, -0.05) is 39.8 Å². The van der Waals surface area contributed by atoms with Gasteiger partial charge < -0.3 is 15.0 Å². The van der Waals surface area contributed by atoms with Gasteiger partial charge in [-0.2, -0.15) is 0 Å². The van der Waals surface area contributed by atoms with Crippen molar-refractivity contribution in [3.05, 3.63) is 29.8 Å². The van der Waals surface area contributed by atoms with E-state index in [2.05, 4.69) is 33.0 Å². The summed E-state index contributed by atoms with van der Waals surface area (Å²) in [6.45, 7) is 8.91. The van der Waals surface area contributed by atoms with Crippen molar-refractivity contribution >= 4 is 23.6 Å². The molecule has 26 heavy (non-hydrogen) atoms. The standard InChI is InChI=1S/C20H30N2O3S/c1-13(2)10-17(19(24)21-11-14(3)4)22-18(23)12-26-20(22)15-6-8-16(25-5)9-7-15/h6-9,13-14,17,20H,10-12H2,1-5H3,(H,21,24)/t17-,20-/m1/s1. The number of benzene rings is 1. The highest BCUT2D eigenvalue weighted by Gasteiger charge is 2.41. The number of amides is 2. The lowest BCUT2D eigenvalue weighted by Crippen LogP contribution is -2.49. The molecule has 1 aromatic carbocycles. The largest absolute Gasteiger partial charge is 0.497 e. The van der Waals surface area contributed by atoms with E-state index in [1.54, 1.807) is 23.8 Å². The van der Waals surface area contributed by atoms with Crippen molar-refractivity contribution in [2.24, 2.45) is 11.8 Å². The summed E-state index contributed by atoms with van der Waals surface area (Å²) in [6, 6.07) is 7.30. The first-order valence-corrected chi connectivity index (χ1v) is 10.2. The third-order valence-electron chi connectivity index (χ3n) is 4.32. The predicted octanol–water partition coefficient (Wildman–Crippen LogP) is 3.46. The van der Waals surface area contributed by atoms with Gasteiger partial charge in [0.2, 0.25) is 11.8 Å². The van der Waals surface area contributed by atoms with E-state index in [1.807, 2.05) is 24.3 Å². The van der Waals surface area contributed by atoms with Gasteiger partial charge in [0, 0.05) is 6.54 Å². The molecule has 0 aromatic heterocycles. The highest BCUT2D eigenvalue weighted by Crippen LogP contribution is 2.41. The van der Waals surface area contributed by atoms with Gasteiger partial charge >= 0.3 is 0 Å². The number of ether oxygens (including phenoxy) is 1. The molecule has 2 rings (SSSR count). The van der Waals surface area contributed by atoms with Crippen LogP contribution in [-0.4, -0.2) is 42.2 Å². The second kappa shape index (κ2) is 9.31. The first-order valence-electron chi connectivity index (χ1n) is 9.17. The van der Waals surface area contributed by atoms with Gasteiger partial charge in [0.1, 0.15) is 17.2 Å². The molecule has 0 saturated carbocycles. The molecule has 5 nitrogen and oxygen atoms in total. The first kappa shape index (κ1) is 20.6. The average molecular weight is 379 g/mol. The van der Waals surface area contributed by atoms with E-state index in [1.165, 1.54) is 0 Å². The van der Waals surface area contributed by atoms with E-state index in [0.717, 1.165) is 11.3 Å². The highest BCUT2D eigenvalue weighted by atomic mass is 32.2. The molecule has 1 aliphatic rings. The smallest absolute Gasteiger partial charge is 0.242 e. The molecule has 2 atom stereocenters. The van der Waals surface area contributed by atoms with Gasteiger partial charge in [0.25, 0.3) is 0 Å². The number of thioether (sulfide) groups is 1. The Balaban J connectivity index is 2.26. The number of rotatable bonds is 8. The van der Waals surface area contributed by atoms with E-state index in [-0.39, 0.29) is 17.2 Å². The Hall–Kier alpha value is -1.69. The zero-order chi connectivity index (χ0) is 19.3. The third-order valence-corrected chi connectivity index (χ3v) is 5.55. The zero-order valence-electron chi connectivity index (χ0n) is 16.3. The number of hydrogen-bond donors (Lipinski definition) is 1. The van der Waals surface area contributed by atoms with Crippen LogP contribution in [0, 0.1) is 11.8 Å². The number of methoxy groups -OCH3 is 1. The fourth-order valence-corrected chi connectivity index (χ4v) is 4.24. The van der Waals surface area contributed by atoms with Gasteiger partial charge in [-0.25, -0.2) is 0 Å². The average Bonchev–Trinajstić information content (AvgIpc) is 2.98. The van der Waals surface area contributed by atoms with Crippen LogP contribution in [0.2, 0.25) is 0 Å². The van der Waals surface area contributed by atoms with Crippen LogP contribution in [0.4, 0.5) is 0 Å². The van der Waals surface area contributed by atoms with Gasteiger partial charge in [-0.05, 0) is 36.0 Å². The molecule has 1 heterocycles. The van der Waals surface area contributed by atoms with Crippen LogP contribution < -0.4 is 10.1 Å². The summed E-state index contributed by atoms with van der Waals surface area (Å²) in [4.78, 5) is 27.3. The van der Waals surface area contributed by atoms with Crippen molar-refractivity contribution in [1.82, 2.24) is 10.2 Å². The molecule has 1 saturated heterocycles. The Morgan fingerprint density at radius 2 is 1.88 bits per heavy atom. The van der Waals surface area contributed by atoms with E-state index < -0.39 is 6.04 Å². The Kier molecular flexibility index (Phi) is 7.38. The molecular formula is C20H30N2O3S. The normalized spacial score (nSPS) is 18.5. The molecule has 2 amide bonds. The maximum atomic E-state index is 12.9. The first-order chi connectivity index (χ1) is 12.3. The van der Waals surface area contributed by atoms with Crippen molar-refractivity contribution < 1.29 is 14.3 Å². The summed E-state index contributed by atoms with van der Waals surface area (Å²) in [7, 11) is 1.63. The third kappa shape index (κ3) is 5.16. The molecule has 0 radical (unpaired) electrons. The van der Waals surface area contributed by atoms with E-state index in [0.29, 0.717) is 30.6 Å². The number of hydrogen-bond acceptors (Lipinski definition) is 4. The molecule has 0 bridgehead atoms. The molecule has 1 aromatic rings. The molecule has 6 heteroatoms. The van der Waals surface area contributed by atoms with Gasteiger partial charge in [-0.3, -0.25) is 9.59 Å². The fourth-order valence-electron chi connectivity index (χ4n) is 3.01. The van der Waals surface area contributed by atoms with Crippen LogP contribution in [0.25, 0.3) is 0 Å². The van der Waals surface area contributed by atoms with Crippen LogP contribution in [0.1, 0.15) is 45.1 Å². The summed E-state index contributed by atoms with van der Waals surface area (Å²) in [5, 5.41) is 2.88. The Bertz CT molecular complexity index is 616.